The molecule has 0 atom stereocenters. The molecule has 0 aliphatic carbocycles. The zero-order valence-corrected chi connectivity index (χ0v) is 8.42. The van der Waals surface area contributed by atoms with E-state index in [0.717, 1.165) is 0 Å². The molecule has 0 aromatic carbocycles. The van der Waals surface area contributed by atoms with Crippen LogP contribution in [0.2, 0.25) is 0 Å². The van der Waals surface area contributed by atoms with E-state index in [1.807, 2.05) is 0 Å². The number of aryl methyl sites for hydroxylation is 1. The molecule has 0 fully saturated rings. The second-order valence-electron chi connectivity index (χ2n) is 2.64. The van der Waals surface area contributed by atoms with Crippen LogP contribution < -0.4 is 17.0 Å². The van der Waals surface area contributed by atoms with Crippen molar-refractivity contribution in [3.8, 4) is 0 Å². The number of hydrogen-bond donors (Lipinski definition) is 1. The summed E-state index contributed by atoms with van der Waals surface area (Å²) in [7, 11) is 1.44. The van der Waals surface area contributed by atoms with Gasteiger partial charge in [0, 0.05) is 12.1 Å². The van der Waals surface area contributed by atoms with Gasteiger partial charge in [-0.15, -0.1) is 0 Å². The standard InChI is InChI=1S/C8H7F3N2O.ClH/c1-13-5-3-2-4-6(13)7(12-14)8(9,10)11;/h2-5H,1H3;1H. The number of alkyl halides is 3. The minimum atomic E-state index is -4.66. The Morgan fingerprint density at radius 3 is 2.40 bits per heavy atom. The second kappa shape index (κ2) is 4.97. The maximum Gasteiger partial charge on any atom is 0.443 e. The lowest BCUT2D eigenvalue weighted by Gasteiger charge is -2.05. The van der Waals surface area contributed by atoms with E-state index in [1.165, 1.54) is 29.9 Å². The lowest BCUT2D eigenvalue weighted by atomic mass is 10.2. The molecule has 0 unspecified atom stereocenters. The first-order valence-electron chi connectivity index (χ1n) is 3.71. The SMILES string of the molecule is C[n+]1ccccc1/C(=N\O)C(F)(F)F.[Cl-]. The van der Waals surface area contributed by atoms with Gasteiger partial charge in [0.15, 0.2) is 6.20 Å². The summed E-state index contributed by atoms with van der Waals surface area (Å²) in [4.78, 5) is 0. The molecule has 0 saturated carbocycles. The third kappa shape index (κ3) is 3.09. The van der Waals surface area contributed by atoms with Crippen molar-refractivity contribution in [3.63, 3.8) is 0 Å². The van der Waals surface area contributed by atoms with Crippen LogP contribution >= 0.6 is 0 Å². The van der Waals surface area contributed by atoms with Crippen molar-refractivity contribution in [1.82, 2.24) is 0 Å². The molecule has 0 aliphatic heterocycles. The molecule has 0 amide bonds. The van der Waals surface area contributed by atoms with Gasteiger partial charge in [-0.05, 0) is 6.07 Å². The topological polar surface area (TPSA) is 36.5 Å². The molecule has 0 bridgehead atoms. The number of nitrogens with zero attached hydrogens (tertiary/aromatic N) is 2. The molecule has 0 aliphatic rings. The Morgan fingerprint density at radius 2 is 2.00 bits per heavy atom. The largest absolute Gasteiger partial charge is 1.00 e. The fourth-order valence-electron chi connectivity index (χ4n) is 1.02. The third-order valence-electron chi connectivity index (χ3n) is 1.67. The summed E-state index contributed by atoms with van der Waals surface area (Å²) >= 11 is 0. The Balaban J connectivity index is 0.00000196. The Morgan fingerprint density at radius 1 is 1.40 bits per heavy atom. The highest BCUT2D eigenvalue weighted by atomic mass is 35.5. The van der Waals surface area contributed by atoms with Crippen molar-refractivity contribution in [3.05, 3.63) is 30.1 Å². The van der Waals surface area contributed by atoms with E-state index in [-0.39, 0.29) is 18.1 Å². The predicted octanol–water partition coefficient (Wildman–Crippen LogP) is -1.74. The van der Waals surface area contributed by atoms with Gasteiger partial charge in [-0.1, -0.05) is 5.16 Å². The molecule has 0 radical (unpaired) electrons. The number of rotatable bonds is 1. The smallest absolute Gasteiger partial charge is 0.443 e. The van der Waals surface area contributed by atoms with Crippen LogP contribution in [0.1, 0.15) is 5.69 Å². The summed E-state index contributed by atoms with van der Waals surface area (Å²) < 4.78 is 38.1. The molecule has 1 N–H and O–H groups in total. The molecule has 1 aromatic rings. The average Bonchev–Trinajstić information content (AvgIpc) is 2.07. The number of pyridine rings is 1. The molecule has 15 heavy (non-hydrogen) atoms. The van der Waals surface area contributed by atoms with Crippen molar-refractivity contribution in [2.24, 2.45) is 12.2 Å². The van der Waals surface area contributed by atoms with Crippen molar-refractivity contribution in [1.29, 1.82) is 0 Å². The molecule has 0 saturated heterocycles. The van der Waals surface area contributed by atoms with Crippen LogP contribution in [0.5, 0.6) is 0 Å². The Bertz CT molecular complexity index is 365. The number of aromatic nitrogens is 1. The van der Waals surface area contributed by atoms with E-state index < -0.39 is 11.9 Å². The summed E-state index contributed by atoms with van der Waals surface area (Å²) in [6, 6.07) is 4.24. The summed E-state index contributed by atoms with van der Waals surface area (Å²) in [5.41, 5.74) is -1.50. The normalized spacial score (nSPS) is 12.1. The highest BCUT2D eigenvalue weighted by Gasteiger charge is 2.42. The fourth-order valence-corrected chi connectivity index (χ4v) is 1.02. The van der Waals surface area contributed by atoms with E-state index in [2.05, 4.69) is 5.16 Å². The van der Waals surface area contributed by atoms with Gasteiger partial charge in [0.05, 0.1) is 0 Å². The van der Waals surface area contributed by atoms with Crippen LogP contribution in [0.4, 0.5) is 13.2 Å². The van der Waals surface area contributed by atoms with Crippen LogP contribution in [0.15, 0.2) is 29.6 Å². The zero-order chi connectivity index (χ0) is 10.8. The monoisotopic (exact) mass is 240 g/mol. The number of oxime groups is 1. The zero-order valence-electron chi connectivity index (χ0n) is 7.66. The second-order valence-corrected chi connectivity index (χ2v) is 2.64. The molecule has 7 heteroatoms. The fraction of sp³-hybridized carbons (Fsp3) is 0.250. The minimum Gasteiger partial charge on any atom is -1.00 e. The van der Waals surface area contributed by atoms with Crippen LogP contribution in [0, 0.1) is 0 Å². The number of hydrogen-bond acceptors (Lipinski definition) is 2. The van der Waals surface area contributed by atoms with Gasteiger partial charge in [-0.2, -0.15) is 17.7 Å². The Labute approximate surface area is 90.2 Å². The molecule has 0 spiro atoms. The van der Waals surface area contributed by atoms with Crippen LogP contribution in [-0.4, -0.2) is 17.1 Å². The molecular formula is C8H8ClF3N2O. The maximum atomic E-state index is 12.3. The third-order valence-corrected chi connectivity index (χ3v) is 1.67. The van der Waals surface area contributed by atoms with Crippen LogP contribution in [-0.2, 0) is 7.05 Å². The summed E-state index contributed by atoms with van der Waals surface area (Å²) in [5.74, 6) is 0. The van der Waals surface area contributed by atoms with E-state index in [1.54, 1.807) is 6.07 Å². The molecule has 3 nitrogen and oxygen atoms in total. The molecular weight excluding hydrogens is 233 g/mol. The highest BCUT2D eigenvalue weighted by Crippen LogP contribution is 2.20. The lowest BCUT2D eigenvalue weighted by molar-refractivity contribution is -0.673. The molecule has 1 aromatic heterocycles. The minimum absolute atomic E-state index is 0. The van der Waals surface area contributed by atoms with E-state index in [9.17, 15) is 13.2 Å². The summed E-state index contributed by atoms with van der Waals surface area (Å²) in [6.45, 7) is 0. The number of halogens is 4. The molecule has 1 heterocycles. The van der Waals surface area contributed by atoms with E-state index >= 15 is 0 Å². The van der Waals surface area contributed by atoms with E-state index in [4.69, 9.17) is 5.21 Å². The lowest BCUT2D eigenvalue weighted by Crippen LogP contribution is -3.00. The van der Waals surface area contributed by atoms with Crippen molar-refractivity contribution in [2.75, 3.05) is 0 Å². The first-order valence-corrected chi connectivity index (χ1v) is 3.71. The van der Waals surface area contributed by atoms with Gasteiger partial charge in [-0.3, -0.25) is 0 Å². The predicted molar refractivity (Wildman–Crippen MR) is 42.0 cm³/mol. The van der Waals surface area contributed by atoms with Gasteiger partial charge in [0.25, 0.3) is 5.71 Å². The quantitative estimate of drug-likeness (QED) is 0.269. The Kier molecular flexibility index (Phi) is 4.54. The van der Waals surface area contributed by atoms with Gasteiger partial charge in [-0.25, -0.2) is 0 Å². The summed E-state index contributed by atoms with van der Waals surface area (Å²) in [6.07, 6.45) is -3.22. The first-order chi connectivity index (χ1) is 6.46. The average molecular weight is 241 g/mol. The van der Waals surface area contributed by atoms with Crippen LogP contribution in [0.3, 0.4) is 0 Å². The molecule has 84 valence electrons. The van der Waals surface area contributed by atoms with Crippen molar-refractivity contribution >= 4 is 5.71 Å². The summed E-state index contributed by atoms with van der Waals surface area (Å²) in [5, 5.41) is 10.6. The maximum absolute atomic E-state index is 12.3. The van der Waals surface area contributed by atoms with Crippen LogP contribution in [0.25, 0.3) is 0 Å². The Hall–Kier alpha value is -1.30. The van der Waals surface area contributed by atoms with Crippen molar-refractivity contribution in [2.45, 2.75) is 6.18 Å². The van der Waals surface area contributed by atoms with Gasteiger partial charge < -0.3 is 17.6 Å². The highest BCUT2D eigenvalue weighted by molar-refractivity contribution is 6.01. The van der Waals surface area contributed by atoms with Gasteiger partial charge >= 0.3 is 6.18 Å². The first kappa shape index (κ1) is 13.7. The van der Waals surface area contributed by atoms with Gasteiger partial charge in [0.2, 0.25) is 5.69 Å². The molecule has 1 rings (SSSR count). The van der Waals surface area contributed by atoms with Crippen molar-refractivity contribution < 1.29 is 35.4 Å². The van der Waals surface area contributed by atoms with Gasteiger partial charge in [0.1, 0.15) is 7.05 Å². The van der Waals surface area contributed by atoms with E-state index in [0.29, 0.717) is 0 Å².